The number of benzene rings is 3. The minimum absolute atomic E-state index is 0.203. The number of hydrogen-bond acceptors (Lipinski definition) is 4. The number of piperidine rings is 1. The standard InChI is InChI=1S/C28H29BrN2O2/c1-19-5-3-4-6-21(19)18-31-15-13-28(14-16-31)26(20-7-10-23(33-2)11-8-20)27(32)24-12-9-22(29)17-25(24)30-28/h3-12,17,26,30H,13-16,18H2,1-2H3. The number of ether oxygens (including phenoxy) is 1. The van der Waals surface area contributed by atoms with E-state index in [4.69, 9.17) is 4.74 Å². The van der Waals surface area contributed by atoms with E-state index in [1.807, 2.05) is 42.5 Å². The van der Waals surface area contributed by atoms with E-state index in [1.54, 1.807) is 7.11 Å². The van der Waals surface area contributed by atoms with Crippen molar-refractivity contribution in [3.8, 4) is 5.75 Å². The maximum absolute atomic E-state index is 13.9. The van der Waals surface area contributed by atoms with Crippen molar-refractivity contribution in [1.29, 1.82) is 0 Å². The van der Waals surface area contributed by atoms with E-state index in [0.29, 0.717) is 0 Å². The number of nitrogens with one attached hydrogen (secondary N) is 1. The van der Waals surface area contributed by atoms with Crippen molar-refractivity contribution in [2.24, 2.45) is 0 Å². The SMILES string of the molecule is COc1ccc(C2C(=O)c3ccc(Br)cc3NC23CCN(Cc2ccccc2C)CC3)cc1. The van der Waals surface area contributed by atoms with Gasteiger partial charge in [0.25, 0.3) is 0 Å². The van der Waals surface area contributed by atoms with Gasteiger partial charge in [-0.05, 0) is 66.8 Å². The van der Waals surface area contributed by atoms with Crippen LogP contribution in [0.5, 0.6) is 5.75 Å². The van der Waals surface area contributed by atoms with E-state index in [0.717, 1.165) is 59.5 Å². The lowest BCUT2D eigenvalue weighted by molar-refractivity contribution is 0.0842. The number of methoxy groups -OCH3 is 1. The van der Waals surface area contributed by atoms with Gasteiger partial charge in [-0.2, -0.15) is 0 Å². The van der Waals surface area contributed by atoms with Crippen molar-refractivity contribution in [2.45, 2.75) is 37.8 Å². The highest BCUT2D eigenvalue weighted by Crippen LogP contribution is 2.47. The summed E-state index contributed by atoms with van der Waals surface area (Å²) in [5.41, 5.74) is 5.16. The van der Waals surface area contributed by atoms with Gasteiger partial charge >= 0.3 is 0 Å². The zero-order valence-electron chi connectivity index (χ0n) is 19.1. The summed E-state index contributed by atoms with van der Waals surface area (Å²) in [5.74, 6) is 0.785. The molecule has 5 rings (SSSR count). The van der Waals surface area contributed by atoms with Crippen LogP contribution in [0.3, 0.4) is 0 Å². The number of hydrogen-bond donors (Lipinski definition) is 1. The molecule has 0 aromatic heterocycles. The van der Waals surface area contributed by atoms with Gasteiger partial charge in [-0.25, -0.2) is 0 Å². The van der Waals surface area contributed by atoms with E-state index < -0.39 is 0 Å². The molecule has 2 aliphatic rings. The third-order valence-electron chi connectivity index (χ3n) is 7.30. The molecule has 1 saturated heterocycles. The van der Waals surface area contributed by atoms with Gasteiger partial charge in [0.1, 0.15) is 5.75 Å². The number of carbonyl (C=O) groups is 1. The van der Waals surface area contributed by atoms with Gasteiger partial charge in [-0.15, -0.1) is 0 Å². The third kappa shape index (κ3) is 4.20. The van der Waals surface area contributed by atoms with Crippen LogP contribution in [0.2, 0.25) is 0 Å². The lowest BCUT2D eigenvalue weighted by Gasteiger charge is -2.50. The summed E-state index contributed by atoms with van der Waals surface area (Å²) in [4.78, 5) is 16.4. The summed E-state index contributed by atoms with van der Waals surface area (Å²) in [5, 5.41) is 3.85. The fourth-order valence-corrected chi connectivity index (χ4v) is 5.76. The molecule has 0 bridgehead atoms. The second-order valence-corrected chi connectivity index (χ2v) is 10.2. The fraction of sp³-hybridized carbons (Fsp3) is 0.321. The van der Waals surface area contributed by atoms with E-state index in [1.165, 1.54) is 11.1 Å². The number of Topliss-reactive ketones (excluding diaryl/α,β-unsaturated/α-hetero) is 1. The van der Waals surface area contributed by atoms with Crippen molar-refractivity contribution < 1.29 is 9.53 Å². The summed E-state index contributed by atoms with van der Waals surface area (Å²) in [7, 11) is 1.67. The predicted octanol–water partition coefficient (Wildman–Crippen LogP) is 6.19. The molecule has 1 fully saturated rings. The van der Waals surface area contributed by atoms with Gasteiger partial charge in [0.2, 0.25) is 0 Å². The summed E-state index contributed by atoms with van der Waals surface area (Å²) in [6.45, 7) is 5.03. The van der Waals surface area contributed by atoms with Crippen molar-refractivity contribution in [3.63, 3.8) is 0 Å². The van der Waals surface area contributed by atoms with E-state index in [-0.39, 0.29) is 17.2 Å². The van der Waals surface area contributed by atoms with E-state index in [9.17, 15) is 4.79 Å². The Bertz CT molecular complexity index is 1170. The van der Waals surface area contributed by atoms with Gasteiger partial charge in [0.05, 0.1) is 18.6 Å². The van der Waals surface area contributed by atoms with Crippen molar-refractivity contribution >= 4 is 27.4 Å². The zero-order chi connectivity index (χ0) is 23.0. The molecule has 3 aromatic rings. The lowest BCUT2D eigenvalue weighted by atomic mass is 9.67. The first-order valence-corrected chi connectivity index (χ1v) is 12.3. The van der Waals surface area contributed by atoms with Gasteiger partial charge in [-0.1, -0.05) is 52.3 Å². The van der Waals surface area contributed by atoms with Crippen LogP contribution in [-0.4, -0.2) is 36.4 Å². The van der Waals surface area contributed by atoms with Crippen molar-refractivity contribution in [1.82, 2.24) is 4.90 Å². The number of likely N-dealkylation sites (tertiary alicyclic amines) is 1. The molecule has 0 radical (unpaired) electrons. The van der Waals surface area contributed by atoms with Gasteiger partial charge in [0.15, 0.2) is 5.78 Å². The highest BCUT2D eigenvalue weighted by molar-refractivity contribution is 9.10. The second kappa shape index (κ2) is 8.96. The summed E-state index contributed by atoms with van der Waals surface area (Å²) in [6.07, 6.45) is 1.82. The van der Waals surface area contributed by atoms with Crippen molar-refractivity contribution in [3.05, 3.63) is 93.5 Å². The minimum Gasteiger partial charge on any atom is -0.497 e. The van der Waals surface area contributed by atoms with Crippen LogP contribution in [0, 0.1) is 6.92 Å². The number of halogens is 1. The van der Waals surface area contributed by atoms with Gasteiger partial charge in [-0.3, -0.25) is 9.69 Å². The Hall–Kier alpha value is -2.63. The fourth-order valence-electron chi connectivity index (χ4n) is 5.40. The van der Waals surface area contributed by atoms with Crippen LogP contribution in [0.25, 0.3) is 0 Å². The van der Waals surface area contributed by atoms with Crippen LogP contribution in [0.1, 0.15) is 45.8 Å². The number of carbonyl (C=O) groups excluding carboxylic acids is 1. The lowest BCUT2D eigenvalue weighted by Crippen LogP contribution is -2.56. The molecule has 170 valence electrons. The van der Waals surface area contributed by atoms with Crippen LogP contribution in [0.15, 0.2) is 71.2 Å². The Balaban J connectivity index is 1.46. The maximum Gasteiger partial charge on any atom is 0.174 e. The number of nitrogens with zero attached hydrogens (tertiary/aromatic N) is 1. The highest BCUT2D eigenvalue weighted by atomic mass is 79.9. The molecule has 3 aromatic carbocycles. The Kier molecular flexibility index (Phi) is 6.02. The number of aryl methyl sites for hydroxylation is 1. The van der Waals surface area contributed by atoms with Crippen molar-refractivity contribution in [2.75, 3.05) is 25.5 Å². The number of ketones is 1. The Morgan fingerprint density at radius 1 is 1.06 bits per heavy atom. The first-order valence-electron chi connectivity index (χ1n) is 11.5. The molecular formula is C28H29BrN2O2. The third-order valence-corrected chi connectivity index (χ3v) is 7.79. The number of anilines is 1. The minimum atomic E-state index is -0.304. The molecule has 1 spiro atoms. The summed E-state index contributed by atoms with van der Waals surface area (Å²) in [6, 6.07) is 22.5. The van der Waals surface area contributed by atoms with Crippen LogP contribution < -0.4 is 10.1 Å². The molecule has 0 amide bonds. The molecule has 5 heteroatoms. The van der Waals surface area contributed by atoms with Crippen LogP contribution >= 0.6 is 15.9 Å². The molecule has 4 nitrogen and oxygen atoms in total. The molecule has 0 saturated carbocycles. The second-order valence-electron chi connectivity index (χ2n) is 9.24. The topological polar surface area (TPSA) is 41.6 Å². The maximum atomic E-state index is 13.9. The Morgan fingerprint density at radius 3 is 2.48 bits per heavy atom. The molecule has 2 heterocycles. The summed E-state index contributed by atoms with van der Waals surface area (Å²) >= 11 is 3.58. The summed E-state index contributed by atoms with van der Waals surface area (Å²) < 4.78 is 6.34. The molecule has 1 unspecified atom stereocenters. The molecule has 1 atom stereocenters. The first kappa shape index (κ1) is 22.2. The first-order chi connectivity index (χ1) is 16.0. The quantitative estimate of drug-likeness (QED) is 0.459. The molecule has 0 aliphatic carbocycles. The van der Waals surface area contributed by atoms with Crippen LogP contribution in [-0.2, 0) is 6.54 Å². The average Bonchev–Trinajstić information content (AvgIpc) is 2.82. The molecule has 1 N–H and O–H groups in total. The highest BCUT2D eigenvalue weighted by Gasteiger charge is 2.49. The van der Waals surface area contributed by atoms with E-state index >= 15 is 0 Å². The zero-order valence-corrected chi connectivity index (χ0v) is 20.7. The number of rotatable bonds is 4. The predicted molar refractivity (Wildman–Crippen MR) is 136 cm³/mol. The molecule has 2 aliphatic heterocycles. The average molecular weight is 505 g/mol. The largest absolute Gasteiger partial charge is 0.497 e. The Morgan fingerprint density at radius 2 is 1.79 bits per heavy atom. The molecular weight excluding hydrogens is 476 g/mol. The van der Waals surface area contributed by atoms with Gasteiger partial charge < -0.3 is 10.1 Å². The molecule has 33 heavy (non-hydrogen) atoms. The monoisotopic (exact) mass is 504 g/mol. The number of fused-ring (bicyclic) bond motifs is 1. The van der Waals surface area contributed by atoms with Crippen LogP contribution in [0.4, 0.5) is 5.69 Å². The normalized spacial score (nSPS) is 19.7. The van der Waals surface area contributed by atoms with E-state index in [2.05, 4.69) is 57.3 Å². The van der Waals surface area contributed by atoms with Gasteiger partial charge in [0, 0.05) is 35.4 Å². The smallest absolute Gasteiger partial charge is 0.174 e. The Labute approximate surface area is 204 Å².